The Hall–Kier alpha value is -1.45. The van der Waals surface area contributed by atoms with Crippen LogP contribution in [-0.2, 0) is 14.3 Å². The molecule has 3 nitrogen and oxygen atoms in total. The second-order valence-corrected chi connectivity index (χ2v) is 4.77. The lowest BCUT2D eigenvalue weighted by Crippen LogP contribution is -2.31. The van der Waals surface area contributed by atoms with Crippen LogP contribution in [0.1, 0.15) is 43.6 Å². The second kappa shape index (κ2) is 4.67. The summed E-state index contributed by atoms with van der Waals surface area (Å²) in [4.78, 5) is 11.2. The summed E-state index contributed by atoms with van der Waals surface area (Å²) in [6.07, 6.45) is 3.76. The lowest BCUT2D eigenvalue weighted by molar-refractivity contribution is -0.382. The molecule has 0 radical (unpaired) electrons. The number of ketones is 1. The van der Waals surface area contributed by atoms with Crippen molar-refractivity contribution < 1.29 is 14.3 Å². The van der Waals surface area contributed by atoms with E-state index < -0.39 is 0 Å². The minimum absolute atomic E-state index is 0.106. The van der Waals surface area contributed by atoms with Gasteiger partial charge in [-0.3, -0.25) is 4.79 Å². The Balaban J connectivity index is 1.81. The standard InChI is InChI=1S/C15H16O3/c1-10-17-15(18-10)13-4-2-3-12(9-13)11-5-7-14(16)8-6-11/h2-5,9-10,15H,6-8H2,1H3. The van der Waals surface area contributed by atoms with Crippen LogP contribution in [0.2, 0.25) is 0 Å². The van der Waals surface area contributed by atoms with Gasteiger partial charge in [0.25, 0.3) is 0 Å². The molecular weight excluding hydrogens is 228 g/mol. The Morgan fingerprint density at radius 2 is 2.06 bits per heavy atom. The third kappa shape index (κ3) is 2.24. The Bertz CT molecular complexity index is 498. The molecule has 0 amide bonds. The molecule has 3 heteroatoms. The number of hydrogen-bond donors (Lipinski definition) is 0. The van der Waals surface area contributed by atoms with Gasteiger partial charge in [0.05, 0.1) is 0 Å². The van der Waals surface area contributed by atoms with E-state index in [2.05, 4.69) is 12.1 Å². The fraction of sp³-hybridized carbons (Fsp3) is 0.400. The first-order valence-corrected chi connectivity index (χ1v) is 6.34. The quantitative estimate of drug-likeness (QED) is 0.801. The molecule has 0 aromatic heterocycles. The van der Waals surface area contributed by atoms with Gasteiger partial charge < -0.3 is 9.47 Å². The van der Waals surface area contributed by atoms with Gasteiger partial charge in [-0.15, -0.1) is 0 Å². The number of hydrogen-bond acceptors (Lipinski definition) is 3. The number of allylic oxidation sites excluding steroid dienone is 2. The summed E-state index contributed by atoms with van der Waals surface area (Å²) in [6, 6.07) is 8.19. The van der Waals surface area contributed by atoms with Crippen molar-refractivity contribution in [2.45, 2.75) is 38.8 Å². The molecule has 0 atom stereocenters. The van der Waals surface area contributed by atoms with Crippen molar-refractivity contribution in [3.05, 3.63) is 41.5 Å². The van der Waals surface area contributed by atoms with Crippen LogP contribution in [0.4, 0.5) is 0 Å². The van der Waals surface area contributed by atoms with E-state index in [0.29, 0.717) is 18.6 Å². The monoisotopic (exact) mass is 244 g/mol. The Kier molecular flexibility index (Phi) is 3.02. The maximum Gasteiger partial charge on any atom is 0.189 e. The summed E-state index contributed by atoms with van der Waals surface area (Å²) in [5.74, 6) is 0.328. The van der Waals surface area contributed by atoms with Crippen LogP contribution in [0.25, 0.3) is 5.57 Å². The van der Waals surface area contributed by atoms with E-state index in [-0.39, 0.29) is 12.6 Å². The molecule has 0 N–H and O–H groups in total. The number of rotatable bonds is 2. The average Bonchev–Trinajstić information content (AvgIpc) is 2.36. The molecule has 1 aliphatic heterocycles. The normalized spacial score (nSPS) is 27.6. The van der Waals surface area contributed by atoms with Crippen LogP contribution in [0.3, 0.4) is 0 Å². The zero-order valence-corrected chi connectivity index (χ0v) is 10.4. The molecule has 1 aromatic rings. The molecule has 0 saturated carbocycles. The minimum atomic E-state index is -0.231. The minimum Gasteiger partial charge on any atom is -0.320 e. The molecule has 0 unspecified atom stereocenters. The lowest BCUT2D eigenvalue weighted by atomic mass is 9.92. The average molecular weight is 244 g/mol. The molecule has 1 aliphatic carbocycles. The molecular formula is C15H16O3. The topological polar surface area (TPSA) is 35.5 Å². The lowest BCUT2D eigenvalue weighted by Gasteiger charge is -2.34. The summed E-state index contributed by atoms with van der Waals surface area (Å²) in [6.45, 7) is 1.88. The smallest absolute Gasteiger partial charge is 0.189 e. The maximum atomic E-state index is 11.2. The SMILES string of the molecule is CC1OC(c2cccc(C3=CCC(=O)CC3)c2)O1. The maximum absolute atomic E-state index is 11.2. The number of carbonyl (C=O) groups is 1. The highest BCUT2D eigenvalue weighted by atomic mass is 16.9. The molecule has 0 bridgehead atoms. The molecule has 3 rings (SSSR count). The van der Waals surface area contributed by atoms with Gasteiger partial charge in [-0.2, -0.15) is 0 Å². The highest BCUT2D eigenvalue weighted by Crippen LogP contribution is 2.33. The van der Waals surface area contributed by atoms with Crippen molar-refractivity contribution in [3.63, 3.8) is 0 Å². The van der Waals surface area contributed by atoms with Crippen molar-refractivity contribution in [1.29, 1.82) is 0 Å². The second-order valence-electron chi connectivity index (χ2n) is 4.77. The Morgan fingerprint density at radius 1 is 1.22 bits per heavy atom. The zero-order chi connectivity index (χ0) is 12.5. The molecule has 0 spiro atoms. The fourth-order valence-corrected chi connectivity index (χ4v) is 2.38. The largest absolute Gasteiger partial charge is 0.320 e. The number of Topliss-reactive ketones (excluding diaryl/α,β-unsaturated/α-hetero) is 1. The molecule has 2 aliphatic rings. The number of carbonyl (C=O) groups excluding carboxylic acids is 1. The van der Waals surface area contributed by atoms with E-state index in [1.165, 1.54) is 11.1 Å². The summed E-state index contributed by atoms with van der Waals surface area (Å²) in [5.41, 5.74) is 3.47. The number of ether oxygens (including phenoxy) is 2. The first-order chi connectivity index (χ1) is 8.72. The Labute approximate surface area is 106 Å². The van der Waals surface area contributed by atoms with Gasteiger partial charge in [-0.05, 0) is 30.5 Å². The van der Waals surface area contributed by atoms with E-state index in [1.807, 2.05) is 25.1 Å². The van der Waals surface area contributed by atoms with E-state index in [0.717, 1.165) is 12.0 Å². The molecule has 94 valence electrons. The van der Waals surface area contributed by atoms with Crippen molar-refractivity contribution >= 4 is 11.4 Å². The van der Waals surface area contributed by atoms with Crippen LogP contribution in [0.15, 0.2) is 30.3 Å². The molecule has 1 saturated heterocycles. The van der Waals surface area contributed by atoms with E-state index >= 15 is 0 Å². The third-order valence-electron chi connectivity index (χ3n) is 3.41. The molecule has 1 fully saturated rings. The highest BCUT2D eigenvalue weighted by Gasteiger charge is 2.28. The predicted octanol–water partition coefficient (Wildman–Crippen LogP) is 3.21. The van der Waals surface area contributed by atoms with Crippen LogP contribution in [0, 0.1) is 0 Å². The van der Waals surface area contributed by atoms with Crippen LogP contribution >= 0.6 is 0 Å². The molecule has 1 heterocycles. The van der Waals surface area contributed by atoms with Crippen molar-refractivity contribution in [2.24, 2.45) is 0 Å². The van der Waals surface area contributed by atoms with Crippen LogP contribution in [-0.4, -0.2) is 12.1 Å². The fourth-order valence-electron chi connectivity index (χ4n) is 2.38. The van der Waals surface area contributed by atoms with Gasteiger partial charge in [-0.1, -0.05) is 24.3 Å². The van der Waals surface area contributed by atoms with Gasteiger partial charge in [-0.25, -0.2) is 0 Å². The summed E-state index contributed by atoms with van der Waals surface area (Å²) < 4.78 is 11.0. The zero-order valence-electron chi connectivity index (χ0n) is 10.4. The van der Waals surface area contributed by atoms with Gasteiger partial charge >= 0.3 is 0 Å². The Morgan fingerprint density at radius 3 is 2.72 bits per heavy atom. The van der Waals surface area contributed by atoms with Crippen LogP contribution in [0.5, 0.6) is 0 Å². The van der Waals surface area contributed by atoms with Crippen LogP contribution < -0.4 is 0 Å². The number of benzene rings is 1. The van der Waals surface area contributed by atoms with Gasteiger partial charge in [0.2, 0.25) is 0 Å². The third-order valence-corrected chi connectivity index (χ3v) is 3.41. The predicted molar refractivity (Wildman–Crippen MR) is 67.7 cm³/mol. The first-order valence-electron chi connectivity index (χ1n) is 6.34. The van der Waals surface area contributed by atoms with Gasteiger partial charge in [0.1, 0.15) is 5.78 Å². The van der Waals surface area contributed by atoms with E-state index in [1.54, 1.807) is 0 Å². The summed E-state index contributed by atoms with van der Waals surface area (Å²) in [7, 11) is 0. The molecule has 18 heavy (non-hydrogen) atoms. The van der Waals surface area contributed by atoms with Gasteiger partial charge in [0.15, 0.2) is 12.6 Å². The summed E-state index contributed by atoms with van der Waals surface area (Å²) >= 11 is 0. The van der Waals surface area contributed by atoms with Crippen molar-refractivity contribution in [3.8, 4) is 0 Å². The molecule has 1 aromatic carbocycles. The van der Waals surface area contributed by atoms with Crippen molar-refractivity contribution in [2.75, 3.05) is 0 Å². The van der Waals surface area contributed by atoms with E-state index in [4.69, 9.17) is 9.47 Å². The van der Waals surface area contributed by atoms with Crippen molar-refractivity contribution in [1.82, 2.24) is 0 Å². The first kappa shape index (κ1) is 11.6. The summed E-state index contributed by atoms with van der Waals surface area (Å²) in [5, 5.41) is 0. The van der Waals surface area contributed by atoms with Gasteiger partial charge in [0, 0.05) is 18.4 Å². The highest BCUT2D eigenvalue weighted by molar-refractivity contribution is 5.86. The van der Waals surface area contributed by atoms with E-state index in [9.17, 15) is 4.79 Å².